The summed E-state index contributed by atoms with van der Waals surface area (Å²) in [5.41, 5.74) is 0.134. The van der Waals surface area contributed by atoms with E-state index in [4.69, 9.17) is 0 Å². The molecule has 1 aliphatic heterocycles. The van der Waals surface area contributed by atoms with Gasteiger partial charge >= 0.3 is 0 Å². The van der Waals surface area contributed by atoms with Gasteiger partial charge in [0.05, 0.1) is 11.6 Å². The van der Waals surface area contributed by atoms with E-state index >= 15 is 0 Å². The summed E-state index contributed by atoms with van der Waals surface area (Å²) in [6.45, 7) is 3.82. The van der Waals surface area contributed by atoms with Crippen molar-refractivity contribution in [1.29, 1.82) is 0 Å². The standard InChI is InChI=1S/C14H20F2N2O/c1-9-4-5-10(15)12(13(9)16)14(19)11-8-17(2)6-7-18(11)3/h4-5,11,14,19H,6-8H2,1-3H3. The molecule has 1 N–H and O–H groups in total. The summed E-state index contributed by atoms with van der Waals surface area (Å²) in [6, 6.07) is 2.30. The van der Waals surface area contributed by atoms with Gasteiger partial charge in [0, 0.05) is 19.6 Å². The molecule has 1 heterocycles. The van der Waals surface area contributed by atoms with E-state index in [0.29, 0.717) is 12.1 Å². The van der Waals surface area contributed by atoms with Crippen LogP contribution in [0.25, 0.3) is 0 Å². The van der Waals surface area contributed by atoms with Crippen LogP contribution >= 0.6 is 0 Å². The van der Waals surface area contributed by atoms with Gasteiger partial charge in [-0.15, -0.1) is 0 Å². The van der Waals surface area contributed by atoms with Crippen molar-refractivity contribution in [3.63, 3.8) is 0 Å². The first-order chi connectivity index (χ1) is 8.91. The summed E-state index contributed by atoms with van der Waals surface area (Å²) in [6.07, 6.45) is -1.16. The molecule has 0 bridgehead atoms. The van der Waals surface area contributed by atoms with Gasteiger partial charge in [0.25, 0.3) is 0 Å². The third-order valence-electron chi connectivity index (χ3n) is 3.88. The van der Waals surface area contributed by atoms with Crippen LogP contribution in [0.4, 0.5) is 8.78 Å². The molecular formula is C14H20F2N2O. The molecule has 0 aromatic heterocycles. The van der Waals surface area contributed by atoms with Crippen molar-refractivity contribution in [1.82, 2.24) is 9.80 Å². The van der Waals surface area contributed by atoms with Crippen LogP contribution in [0.15, 0.2) is 12.1 Å². The zero-order valence-corrected chi connectivity index (χ0v) is 11.5. The highest BCUT2D eigenvalue weighted by molar-refractivity contribution is 5.29. The molecule has 2 unspecified atom stereocenters. The quantitative estimate of drug-likeness (QED) is 0.883. The number of hydrogen-bond acceptors (Lipinski definition) is 3. The Morgan fingerprint density at radius 2 is 1.95 bits per heavy atom. The molecular weight excluding hydrogens is 250 g/mol. The predicted octanol–water partition coefficient (Wildman–Crippen LogP) is 1.55. The molecule has 2 rings (SSSR count). The first-order valence-electron chi connectivity index (χ1n) is 6.43. The summed E-state index contributed by atoms with van der Waals surface area (Å²) in [4.78, 5) is 4.01. The first kappa shape index (κ1) is 14.4. The topological polar surface area (TPSA) is 26.7 Å². The highest BCUT2D eigenvalue weighted by atomic mass is 19.1. The Balaban J connectivity index is 2.33. The van der Waals surface area contributed by atoms with E-state index in [-0.39, 0.29) is 11.6 Å². The van der Waals surface area contributed by atoms with Gasteiger partial charge in [-0.3, -0.25) is 4.90 Å². The maximum absolute atomic E-state index is 14.1. The van der Waals surface area contributed by atoms with Crippen LogP contribution < -0.4 is 0 Å². The monoisotopic (exact) mass is 270 g/mol. The normalized spacial score (nSPS) is 23.6. The molecule has 0 amide bonds. The minimum atomic E-state index is -1.16. The van der Waals surface area contributed by atoms with Crippen LogP contribution in [-0.2, 0) is 0 Å². The predicted molar refractivity (Wildman–Crippen MR) is 70.0 cm³/mol. The molecule has 0 aliphatic carbocycles. The Morgan fingerprint density at radius 1 is 1.26 bits per heavy atom. The summed E-state index contributed by atoms with van der Waals surface area (Å²) >= 11 is 0. The zero-order chi connectivity index (χ0) is 14.2. The molecule has 1 aliphatic rings. The van der Waals surface area contributed by atoms with E-state index in [0.717, 1.165) is 13.1 Å². The Kier molecular flexibility index (Phi) is 4.18. The third kappa shape index (κ3) is 2.78. The fraction of sp³-hybridized carbons (Fsp3) is 0.571. The van der Waals surface area contributed by atoms with Crippen molar-refractivity contribution in [2.75, 3.05) is 33.7 Å². The van der Waals surface area contributed by atoms with Gasteiger partial charge in [-0.25, -0.2) is 8.78 Å². The third-order valence-corrected chi connectivity index (χ3v) is 3.88. The van der Waals surface area contributed by atoms with Gasteiger partial charge in [0.2, 0.25) is 0 Å². The Hall–Kier alpha value is -1.04. The van der Waals surface area contributed by atoms with Crippen LogP contribution in [0.3, 0.4) is 0 Å². The fourth-order valence-corrected chi connectivity index (χ4v) is 2.53. The van der Waals surface area contributed by atoms with Crippen LogP contribution in [0.1, 0.15) is 17.2 Å². The molecule has 5 heteroatoms. The second kappa shape index (κ2) is 5.53. The maximum Gasteiger partial charge on any atom is 0.134 e. The number of piperazine rings is 1. The smallest absolute Gasteiger partial charge is 0.134 e. The van der Waals surface area contributed by atoms with E-state index in [1.165, 1.54) is 12.1 Å². The lowest BCUT2D eigenvalue weighted by Gasteiger charge is -2.40. The maximum atomic E-state index is 14.1. The SMILES string of the molecule is Cc1ccc(F)c(C(O)C2CN(C)CCN2C)c1F. The van der Waals surface area contributed by atoms with Crippen molar-refractivity contribution in [2.45, 2.75) is 19.1 Å². The highest BCUT2D eigenvalue weighted by Gasteiger charge is 2.33. The number of likely N-dealkylation sites (N-methyl/N-ethyl adjacent to an activating group) is 2. The van der Waals surface area contributed by atoms with Crippen molar-refractivity contribution in [2.24, 2.45) is 0 Å². The van der Waals surface area contributed by atoms with E-state index in [9.17, 15) is 13.9 Å². The highest BCUT2D eigenvalue weighted by Crippen LogP contribution is 2.28. The van der Waals surface area contributed by atoms with Crippen LogP contribution in [0.2, 0.25) is 0 Å². The van der Waals surface area contributed by atoms with Crippen molar-refractivity contribution < 1.29 is 13.9 Å². The minimum Gasteiger partial charge on any atom is -0.386 e. The van der Waals surface area contributed by atoms with Gasteiger partial charge in [0.15, 0.2) is 0 Å². The average molecular weight is 270 g/mol. The molecule has 1 aromatic rings. The average Bonchev–Trinajstić information content (AvgIpc) is 2.37. The van der Waals surface area contributed by atoms with E-state index in [1.807, 2.05) is 19.0 Å². The molecule has 1 fully saturated rings. The molecule has 0 spiro atoms. The second-order valence-corrected chi connectivity index (χ2v) is 5.35. The Bertz CT molecular complexity index is 467. The number of nitrogens with zero attached hydrogens (tertiary/aromatic N) is 2. The summed E-state index contributed by atoms with van der Waals surface area (Å²) in [5.74, 6) is -1.33. The molecule has 0 saturated carbocycles. The Morgan fingerprint density at radius 3 is 2.63 bits per heavy atom. The van der Waals surface area contributed by atoms with Gasteiger partial charge in [-0.05, 0) is 32.6 Å². The largest absolute Gasteiger partial charge is 0.386 e. The van der Waals surface area contributed by atoms with E-state index in [1.54, 1.807) is 6.92 Å². The van der Waals surface area contributed by atoms with Crippen molar-refractivity contribution in [3.8, 4) is 0 Å². The number of benzene rings is 1. The van der Waals surface area contributed by atoms with Gasteiger partial charge in [0.1, 0.15) is 17.7 Å². The van der Waals surface area contributed by atoms with Crippen molar-refractivity contribution in [3.05, 3.63) is 34.9 Å². The molecule has 106 valence electrons. The lowest BCUT2D eigenvalue weighted by Crippen LogP contribution is -2.52. The zero-order valence-electron chi connectivity index (χ0n) is 11.5. The van der Waals surface area contributed by atoms with Gasteiger partial charge < -0.3 is 10.0 Å². The summed E-state index contributed by atoms with van der Waals surface area (Å²) < 4.78 is 27.9. The molecule has 1 aromatic carbocycles. The van der Waals surface area contributed by atoms with E-state index in [2.05, 4.69) is 4.90 Å². The number of aliphatic hydroxyl groups excluding tert-OH is 1. The minimum absolute atomic E-state index is 0.216. The number of hydrogen-bond donors (Lipinski definition) is 1. The number of halogens is 2. The number of aryl methyl sites for hydroxylation is 1. The second-order valence-electron chi connectivity index (χ2n) is 5.35. The first-order valence-corrected chi connectivity index (χ1v) is 6.43. The number of aliphatic hydroxyl groups is 1. The van der Waals surface area contributed by atoms with E-state index < -0.39 is 17.7 Å². The van der Waals surface area contributed by atoms with Gasteiger partial charge in [-0.1, -0.05) is 6.07 Å². The molecule has 0 radical (unpaired) electrons. The van der Waals surface area contributed by atoms with Crippen molar-refractivity contribution >= 4 is 0 Å². The van der Waals surface area contributed by atoms with Crippen LogP contribution in [0, 0.1) is 18.6 Å². The van der Waals surface area contributed by atoms with Crippen LogP contribution in [0.5, 0.6) is 0 Å². The molecule has 3 nitrogen and oxygen atoms in total. The summed E-state index contributed by atoms with van der Waals surface area (Å²) in [7, 11) is 3.81. The Labute approximate surface area is 112 Å². The van der Waals surface area contributed by atoms with Gasteiger partial charge in [-0.2, -0.15) is 0 Å². The number of rotatable bonds is 2. The fourth-order valence-electron chi connectivity index (χ4n) is 2.53. The lowest BCUT2D eigenvalue weighted by molar-refractivity contribution is 0.0103. The summed E-state index contributed by atoms with van der Waals surface area (Å²) in [5, 5.41) is 10.4. The molecule has 1 saturated heterocycles. The van der Waals surface area contributed by atoms with Crippen LogP contribution in [-0.4, -0.2) is 54.7 Å². The molecule has 19 heavy (non-hydrogen) atoms. The molecule has 2 atom stereocenters. The lowest BCUT2D eigenvalue weighted by atomic mass is 9.96.